The molecule has 78 valence electrons. The molecule has 3 N–H and O–H groups in total. The van der Waals surface area contributed by atoms with Crippen LogP contribution in [0.5, 0.6) is 5.75 Å². The monoisotopic (exact) mass is 197 g/mol. The molecule has 1 unspecified atom stereocenters. The van der Waals surface area contributed by atoms with Gasteiger partial charge in [0.25, 0.3) is 0 Å². The van der Waals surface area contributed by atoms with Gasteiger partial charge in [-0.25, -0.2) is 4.79 Å². The molecule has 0 aliphatic carbocycles. The summed E-state index contributed by atoms with van der Waals surface area (Å²) in [6.07, 6.45) is 0.715. The minimum absolute atomic E-state index is 0.101. The predicted molar refractivity (Wildman–Crippen MR) is 53.0 cm³/mol. The number of hydrogen-bond donors (Lipinski definition) is 2. The van der Waals surface area contributed by atoms with Gasteiger partial charge < -0.3 is 15.3 Å². The summed E-state index contributed by atoms with van der Waals surface area (Å²) in [4.78, 5) is 10.9. The van der Waals surface area contributed by atoms with Crippen LogP contribution in [-0.4, -0.2) is 5.11 Å². The van der Waals surface area contributed by atoms with Crippen molar-refractivity contribution in [2.24, 2.45) is 11.7 Å². The van der Waals surface area contributed by atoms with Crippen LogP contribution in [0.25, 0.3) is 0 Å². The van der Waals surface area contributed by atoms with Gasteiger partial charge in [-0.05, 0) is 12.3 Å². The fourth-order valence-electron chi connectivity index (χ4n) is 1.29. The van der Waals surface area contributed by atoms with E-state index in [0.29, 0.717) is 18.1 Å². The van der Waals surface area contributed by atoms with E-state index in [0.717, 1.165) is 6.07 Å². The second-order valence-electron chi connectivity index (χ2n) is 3.77. The van der Waals surface area contributed by atoms with E-state index in [1.54, 1.807) is 0 Å². The highest BCUT2D eigenvalue weighted by Gasteiger charge is 2.12. The van der Waals surface area contributed by atoms with Crippen LogP contribution in [0.4, 0.5) is 0 Å². The van der Waals surface area contributed by atoms with Crippen LogP contribution in [0.15, 0.2) is 21.3 Å². The maximum Gasteiger partial charge on any atom is 0.339 e. The summed E-state index contributed by atoms with van der Waals surface area (Å²) < 4.78 is 4.88. The SMILES string of the molecule is CC(C)CC(N)c1cc(O)cc(=O)o1. The molecule has 1 rings (SSSR count). The van der Waals surface area contributed by atoms with E-state index in [4.69, 9.17) is 15.3 Å². The summed E-state index contributed by atoms with van der Waals surface area (Å²) in [6.45, 7) is 4.06. The van der Waals surface area contributed by atoms with E-state index < -0.39 is 5.63 Å². The molecule has 1 aromatic rings. The molecule has 0 amide bonds. The minimum Gasteiger partial charge on any atom is -0.508 e. The fraction of sp³-hybridized carbons (Fsp3) is 0.500. The van der Waals surface area contributed by atoms with Gasteiger partial charge in [-0.2, -0.15) is 0 Å². The molecule has 4 heteroatoms. The normalized spacial score (nSPS) is 13.1. The first-order chi connectivity index (χ1) is 6.49. The first-order valence-corrected chi connectivity index (χ1v) is 4.58. The van der Waals surface area contributed by atoms with Gasteiger partial charge in [-0.15, -0.1) is 0 Å². The van der Waals surface area contributed by atoms with E-state index >= 15 is 0 Å². The van der Waals surface area contributed by atoms with E-state index in [2.05, 4.69) is 0 Å². The van der Waals surface area contributed by atoms with Crippen molar-refractivity contribution in [3.05, 3.63) is 28.3 Å². The van der Waals surface area contributed by atoms with Gasteiger partial charge in [0.05, 0.1) is 12.1 Å². The second kappa shape index (κ2) is 4.28. The first kappa shape index (κ1) is 10.8. The van der Waals surface area contributed by atoms with Crippen molar-refractivity contribution in [1.82, 2.24) is 0 Å². The minimum atomic E-state index is -0.570. The van der Waals surface area contributed by atoms with Crippen molar-refractivity contribution < 1.29 is 9.52 Å². The van der Waals surface area contributed by atoms with E-state index in [-0.39, 0.29) is 11.8 Å². The zero-order valence-electron chi connectivity index (χ0n) is 8.36. The molecule has 0 spiro atoms. The molecule has 0 saturated carbocycles. The lowest BCUT2D eigenvalue weighted by Crippen LogP contribution is -2.14. The Morgan fingerprint density at radius 2 is 2.14 bits per heavy atom. The Kier molecular flexibility index (Phi) is 3.30. The second-order valence-corrected chi connectivity index (χ2v) is 3.77. The van der Waals surface area contributed by atoms with Gasteiger partial charge in [-0.3, -0.25) is 0 Å². The average molecular weight is 197 g/mol. The van der Waals surface area contributed by atoms with Crippen LogP contribution in [-0.2, 0) is 0 Å². The van der Waals surface area contributed by atoms with Gasteiger partial charge >= 0.3 is 5.63 Å². The standard InChI is InChI=1S/C10H15NO3/c1-6(2)3-8(11)9-4-7(12)5-10(13)14-9/h4-6,8,12H,3,11H2,1-2H3. The molecule has 4 nitrogen and oxygen atoms in total. The van der Waals surface area contributed by atoms with Crippen LogP contribution in [0.2, 0.25) is 0 Å². The molecule has 0 saturated heterocycles. The van der Waals surface area contributed by atoms with Gasteiger partial charge in [0.15, 0.2) is 0 Å². The fourth-order valence-corrected chi connectivity index (χ4v) is 1.29. The third-order valence-corrected chi connectivity index (χ3v) is 1.87. The van der Waals surface area contributed by atoms with Crippen LogP contribution >= 0.6 is 0 Å². The highest BCUT2D eigenvalue weighted by Crippen LogP contribution is 2.19. The summed E-state index contributed by atoms with van der Waals surface area (Å²) in [6, 6.07) is 2.06. The van der Waals surface area contributed by atoms with Crippen molar-refractivity contribution in [3.63, 3.8) is 0 Å². The lowest BCUT2D eigenvalue weighted by Gasteiger charge is -2.12. The largest absolute Gasteiger partial charge is 0.508 e. The van der Waals surface area contributed by atoms with Crippen LogP contribution in [0.3, 0.4) is 0 Å². The van der Waals surface area contributed by atoms with Crippen LogP contribution in [0.1, 0.15) is 32.1 Å². The Labute approximate surface area is 82.4 Å². The predicted octanol–water partition coefficient (Wildman–Crippen LogP) is 1.39. The highest BCUT2D eigenvalue weighted by atomic mass is 16.4. The molecule has 0 radical (unpaired) electrons. The molecule has 1 heterocycles. The quantitative estimate of drug-likeness (QED) is 0.767. The lowest BCUT2D eigenvalue weighted by molar-refractivity contribution is 0.375. The molecule has 1 atom stereocenters. The summed E-state index contributed by atoms with van der Waals surface area (Å²) in [7, 11) is 0. The number of rotatable bonds is 3. The molecule has 0 bridgehead atoms. The Hall–Kier alpha value is -1.29. The Bertz CT molecular complexity index is 357. The number of nitrogens with two attached hydrogens (primary N) is 1. The van der Waals surface area contributed by atoms with Crippen molar-refractivity contribution in [2.45, 2.75) is 26.3 Å². The lowest BCUT2D eigenvalue weighted by atomic mass is 10.0. The summed E-state index contributed by atoms with van der Waals surface area (Å²) in [5.74, 6) is 0.650. The van der Waals surface area contributed by atoms with Crippen LogP contribution < -0.4 is 11.4 Å². The molecular formula is C10H15NO3. The van der Waals surface area contributed by atoms with Crippen molar-refractivity contribution in [3.8, 4) is 5.75 Å². The van der Waals surface area contributed by atoms with Crippen molar-refractivity contribution in [1.29, 1.82) is 0 Å². The number of hydrogen-bond acceptors (Lipinski definition) is 4. The summed E-state index contributed by atoms with van der Waals surface area (Å²) >= 11 is 0. The molecule has 0 aliphatic heterocycles. The smallest absolute Gasteiger partial charge is 0.339 e. The maximum atomic E-state index is 10.9. The van der Waals surface area contributed by atoms with Crippen molar-refractivity contribution in [2.75, 3.05) is 0 Å². The summed E-state index contributed by atoms with van der Waals surface area (Å²) in [5, 5.41) is 9.16. The van der Waals surface area contributed by atoms with Gasteiger partial charge in [0.1, 0.15) is 11.5 Å². The molecular weight excluding hydrogens is 182 g/mol. The highest BCUT2D eigenvalue weighted by molar-refractivity contribution is 5.20. The van der Waals surface area contributed by atoms with Gasteiger partial charge in [0, 0.05) is 6.07 Å². The molecule has 0 aliphatic rings. The zero-order valence-corrected chi connectivity index (χ0v) is 8.36. The molecule has 14 heavy (non-hydrogen) atoms. The van der Waals surface area contributed by atoms with E-state index in [1.807, 2.05) is 13.8 Å². The van der Waals surface area contributed by atoms with Crippen molar-refractivity contribution >= 4 is 0 Å². The topological polar surface area (TPSA) is 76.5 Å². The molecule has 0 fully saturated rings. The maximum absolute atomic E-state index is 10.9. The zero-order chi connectivity index (χ0) is 10.7. The number of aromatic hydroxyl groups is 1. The van der Waals surface area contributed by atoms with Gasteiger partial charge in [0.2, 0.25) is 0 Å². The van der Waals surface area contributed by atoms with Gasteiger partial charge in [-0.1, -0.05) is 13.8 Å². The third-order valence-electron chi connectivity index (χ3n) is 1.87. The van der Waals surface area contributed by atoms with Crippen LogP contribution in [0, 0.1) is 5.92 Å². The van der Waals surface area contributed by atoms with E-state index in [9.17, 15) is 4.79 Å². The Morgan fingerprint density at radius 3 is 2.64 bits per heavy atom. The molecule has 1 aromatic heterocycles. The van der Waals surface area contributed by atoms with E-state index in [1.165, 1.54) is 6.07 Å². The summed E-state index contributed by atoms with van der Waals surface area (Å²) in [5.41, 5.74) is 5.22. The average Bonchev–Trinajstić information content (AvgIpc) is 2.00. The molecule has 0 aromatic carbocycles. The first-order valence-electron chi connectivity index (χ1n) is 4.58. The Balaban J connectivity index is 2.89. The Morgan fingerprint density at radius 1 is 1.50 bits per heavy atom. The third kappa shape index (κ3) is 2.88.